The molecule has 0 unspecified atom stereocenters. The van der Waals surface area contributed by atoms with Crippen molar-refractivity contribution in [3.8, 4) is 0 Å². The molecule has 1 amide bonds. The van der Waals surface area contributed by atoms with Gasteiger partial charge in [0.05, 0.1) is 0 Å². The van der Waals surface area contributed by atoms with Crippen LogP contribution in [0.15, 0.2) is 24.3 Å². The molecule has 0 fully saturated rings. The topological polar surface area (TPSA) is 38.3 Å². The van der Waals surface area contributed by atoms with Crippen LogP contribution in [-0.2, 0) is 4.74 Å². The Kier molecular flexibility index (Phi) is 5.16. The van der Waals surface area contributed by atoms with Gasteiger partial charge in [0.25, 0.3) is 0 Å². The summed E-state index contributed by atoms with van der Waals surface area (Å²) in [4.78, 5) is 11.4. The van der Waals surface area contributed by atoms with Crippen LogP contribution in [0.5, 0.6) is 0 Å². The molecule has 104 valence electrons. The fourth-order valence-electron chi connectivity index (χ4n) is 1.72. The highest BCUT2D eigenvalue weighted by atomic mass is 16.6. The summed E-state index contributed by atoms with van der Waals surface area (Å²) in [5.74, 6) is 0. The minimum atomic E-state index is -0.458. The predicted octanol–water partition coefficient (Wildman–Crippen LogP) is 3.84. The fraction of sp³-hybridized carbons (Fsp3) is 0.438. The maximum absolute atomic E-state index is 11.4. The molecule has 1 aromatic rings. The third-order valence-corrected chi connectivity index (χ3v) is 2.59. The first-order valence-corrected chi connectivity index (χ1v) is 6.49. The van der Waals surface area contributed by atoms with Crippen LogP contribution in [0.25, 0.3) is 6.08 Å². The van der Waals surface area contributed by atoms with Gasteiger partial charge in [-0.1, -0.05) is 30.4 Å². The number of ether oxygens (including phenoxy) is 1. The molecule has 1 rings (SSSR count). The first-order valence-electron chi connectivity index (χ1n) is 6.49. The highest BCUT2D eigenvalue weighted by Gasteiger charge is 2.14. The normalized spacial score (nSPS) is 11.6. The molecule has 0 saturated heterocycles. The number of alkyl carbamates (subject to hydrolysis) is 1. The summed E-state index contributed by atoms with van der Waals surface area (Å²) in [7, 11) is 0. The van der Waals surface area contributed by atoms with E-state index in [1.165, 1.54) is 16.7 Å². The summed E-state index contributed by atoms with van der Waals surface area (Å²) in [6.45, 7) is 10.2. The first-order chi connectivity index (χ1) is 8.79. The molecular formula is C16H23NO2. The van der Waals surface area contributed by atoms with E-state index in [1.54, 1.807) is 0 Å². The number of hydrogen-bond donors (Lipinski definition) is 1. The van der Waals surface area contributed by atoms with Crippen molar-refractivity contribution in [3.05, 3.63) is 41.0 Å². The lowest BCUT2D eigenvalue weighted by molar-refractivity contribution is 0.0534. The van der Waals surface area contributed by atoms with E-state index in [0.717, 1.165) is 0 Å². The molecule has 0 spiro atoms. The number of rotatable bonds is 3. The van der Waals surface area contributed by atoms with E-state index in [-0.39, 0.29) is 0 Å². The zero-order chi connectivity index (χ0) is 14.5. The van der Waals surface area contributed by atoms with Crippen molar-refractivity contribution in [2.45, 2.75) is 40.2 Å². The lowest BCUT2D eigenvalue weighted by atomic mass is 10.0. The van der Waals surface area contributed by atoms with Crippen LogP contribution >= 0.6 is 0 Å². The van der Waals surface area contributed by atoms with Gasteiger partial charge in [-0.3, -0.25) is 0 Å². The van der Waals surface area contributed by atoms with Crippen molar-refractivity contribution in [1.29, 1.82) is 0 Å². The van der Waals surface area contributed by atoms with E-state index in [4.69, 9.17) is 4.74 Å². The Balaban J connectivity index is 2.49. The maximum atomic E-state index is 11.4. The molecular weight excluding hydrogens is 238 g/mol. The molecule has 0 radical (unpaired) electrons. The molecule has 0 saturated carbocycles. The lowest BCUT2D eigenvalue weighted by Crippen LogP contribution is -2.32. The molecule has 0 aliphatic heterocycles. The largest absolute Gasteiger partial charge is 0.444 e. The third-order valence-electron chi connectivity index (χ3n) is 2.59. The quantitative estimate of drug-likeness (QED) is 0.897. The zero-order valence-corrected chi connectivity index (χ0v) is 12.4. The number of nitrogens with one attached hydrogen (secondary N) is 1. The second-order valence-corrected chi connectivity index (χ2v) is 5.59. The number of amides is 1. The van der Waals surface area contributed by atoms with Gasteiger partial charge in [0, 0.05) is 6.54 Å². The van der Waals surface area contributed by atoms with Gasteiger partial charge in [0.2, 0.25) is 0 Å². The second-order valence-electron chi connectivity index (χ2n) is 5.59. The standard InChI is InChI=1S/C16H23NO2/c1-12-8-6-9-13(2)14(12)10-7-11-17-15(18)19-16(3,4)5/h6-10H,11H2,1-5H3,(H,17,18). The summed E-state index contributed by atoms with van der Waals surface area (Å²) in [5, 5.41) is 2.70. The first kappa shape index (κ1) is 15.3. The molecule has 0 atom stereocenters. The van der Waals surface area contributed by atoms with Crippen LogP contribution in [0.2, 0.25) is 0 Å². The Morgan fingerprint density at radius 1 is 1.26 bits per heavy atom. The Bertz CT molecular complexity index is 450. The third kappa shape index (κ3) is 5.60. The summed E-state index contributed by atoms with van der Waals surface area (Å²) in [5.41, 5.74) is 3.20. The van der Waals surface area contributed by atoms with Crippen molar-refractivity contribution in [3.63, 3.8) is 0 Å². The minimum Gasteiger partial charge on any atom is -0.444 e. The van der Waals surface area contributed by atoms with Crippen molar-refractivity contribution < 1.29 is 9.53 Å². The minimum absolute atomic E-state index is 0.390. The molecule has 0 bridgehead atoms. The van der Waals surface area contributed by atoms with Gasteiger partial charge in [0.1, 0.15) is 5.60 Å². The SMILES string of the molecule is Cc1cccc(C)c1C=CCNC(=O)OC(C)(C)C. The van der Waals surface area contributed by atoms with Crippen LogP contribution in [-0.4, -0.2) is 18.2 Å². The average molecular weight is 261 g/mol. The second kappa shape index (κ2) is 6.41. The molecule has 1 aromatic carbocycles. The van der Waals surface area contributed by atoms with Gasteiger partial charge < -0.3 is 10.1 Å². The Morgan fingerprint density at radius 2 is 1.84 bits per heavy atom. The number of aryl methyl sites for hydroxylation is 2. The fourth-order valence-corrected chi connectivity index (χ4v) is 1.72. The number of hydrogen-bond acceptors (Lipinski definition) is 2. The van der Waals surface area contributed by atoms with Crippen LogP contribution in [0.4, 0.5) is 4.79 Å². The van der Waals surface area contributed by atoms with Crippen LogP contribution in [0, 0.1) is 13.8 Å². The number of carbonyl (C=O) groups is 1. The van der Waals surface area contributed by atoms with E-state index in [0.29, 0.717) is 6.54 Å². The van der Waals surface area contributed by atoms with Crippen LogP contribution in [0.1, 0.15) is 37.5 Å². The summed E-state index contributed by atoms with van der Waals surface area (Å²) < 4.78 is 5.15. The molecule has 1 N–H and O–H groups in total. The molecule has 0 aliphatic rings. The van der Waals surface area contributed by atoms with Gasteiger partial charge in [-0.25, -0.2) is 4.79 Å². The van der Waals surface area contributed by atoms with Gasteiger partial charge in [-0.2, -0.15) is 0 Å². The molecule has 0 heterocycles. The Labute approximate surface area is 115 Å². The monoisotopic (exact) mass is 261 g/mol. The summed E-state index contributed by atoms with van der Waals surface area (Å²) in [6.07, 6.45) is 3.57. The van der Waals surface area contributed by atoms with Crippen molar-refractivity contribution in [1.82, 2.24) is 5.32 Å². The highest BCUT2D eigenvalue weighted by Crippen LogP contribution is 2.14. The Hall–Kier alpha value is -1.77. The van der Waals surface area contributed by atoms with E-state index in [2.05, 4.69) is 31.3 Å². The molecule has 3 nitrogen and oxygen atoms in total. The van der Waals surface area contributed by atoms with E-state index < -0.39 is 11.7 Å². The molecule has 19 heavy (non-hydrogen) atoms. The number of benzene rings is 1. The van der Waals surface area contributed by atoms with Gasteiger partial charge in [0.15, 0.2) is 0 Å². The van der Waals surface area contributed by atoms with Gasteiger partial charge in [-0.05, 0) is 51.3 Å². The maximum Gasteiger partial charge on any atom is 0.407 e. The summed E-state index contributed by atoms with van der Waals surface area (Å²) in [6, 6.07) is 6.20. The molecule has 0 aromatic heterocycles. The highest BCUT2D eigenvalue weighted by molar-refractivity contribution is 5.68. The zero-order valence-electron chi connectivity index (χ0n) is 12.4. The van der Waals surface area contributed by atoms with Crippen LogP contribution < -0.4 is 5.32 Å². The van der Waals surface area contributed by atoms with E-state index in [9.17, 15) is 4.79 Å². The van der Waals surface area contributed by atoms with Crippen molar-refractivity contribution in [2.75, 3.05) is 6.54 Å². The van der Waals surface area contributed by atoms with Gasteiger partial charge >= 0.3 is 6.09 Å². The van der Waals surface area contributed by atoms with E-state index in [1.807, 2.05) is 39.0 Å². The van der Waals surface area contributed by atoms with E-state index >= 15 is 0 Å². The van der Waals surface area contributed by atoms with Crippen LogP contribution in [0.3, 0.4) is 0 Å². The Morgan fingerprint density at radius 3 is 2.37 bits per heavy atom. The van der Waals surface area contributed by atoms with Gasteiger partial charge in [-0.15, -0.1) is 0 Å². The number of carbonyl (C=O) groups excluding carboxylic acids is 1. The lowest BCUT2D eigenvalue weighted by Gasteiger charge is -2.19. The summed E-state index contributed by atoms with van der Waals surface area (Å²) >= 11 is 0. The molecule has 0 aliphatic carbocycles. The predicted molar refractivity (Wildman–Crippen MR) is 79.2 cm³/mol. The van der Waals surface area contributed by atoms with Crippen molar-refractivity contribution >= 4 is 12.2 Å². The average Bonchev–Trinajstić information content (AvgIpc) is 2.25. The molecule has 3 heteroatoms. The van der Waals surface area contributed by atoms with Crippen molar-refractivity contribution in [2.24, 2.45) is 0 Å². The smallest absolute Gasteiger partial charge is 0.407 e.